The molecule has 0 spiro atoms. The molecule has 0 saturated heterocycles. The summed E-state index contributed by atoms with van der Waals surface area (Å²) in [5, 5.41) is 0. The number of rotatable bonds is 9. The standard InChI is InChI=1S/C31H26F2N2O5S/c1-3-38-22-16-12-21(13-17-22)27-25(29(37)39-4-2)26(20-8-6-5-7-9-20)34-31-35(27)28(36)24(41-31)18-19-10-14-23(15-11-19)40-30(32)33/h5-18,27,30H,3-4H2,1-2H3/b24-18-/t27-/m1/s1. The van der Waals surface area contributed by atoms with Crippen molar-refractivity contribution in [2.24, 2.45) is 4.99 Å². The molecule has 41 heavy (non-hydrogen) atoms. The Hall–Kier alpha value is -4.57. The molecule has 1 aromatic heterocycles. The second-order valence-corrected chi connectivity index (χ2v) is 9.89. The number of carbonyl (C=O) groups is 1. The van der Waals surface area contributed by atoms with E-state index >= 15 is 0 Å². The first-order valence-corrected chi connectivity index (χ1v) is 13.8. The van der Waals surface area contributed by atoms with Gasteiger partial charge in [0.05, 0.1) is 35.1 Å². The number of nitrogens with zero attached hydrogens (tertiary/aromatic N) is 2. The minimum atomic E-state index is -2.93. The monoisotopic (exact) mass is 576 g/mol. The molecular formula is C31H26F2N2O5S. The van der Waals surface area contributed by atoms with Crippen LogP contribution in [0, 0.1) is 0 Å². The first kappa shape index (κ1) is 28.0. The highest BCUT2D eigenvalue weighted by Crippen LogP contribution is 2.35. The van der Waals surface area contributed by atoms with Gasteiger partial charge in [0.25, 0.3) is 5.56 Å². The summed E-state index contributed by atoms with van der Waals surface area (Å²) in [4.78, 5) is 32.6. The molecule has 0 amide bonds. The van der Waals surface area contributed by atoms with Gasteiger partial charge in [0.2, 0.25) is 0 Å². The zero-order chi connectivity index (χ0) is 28.9. The van der Waals surface area contributed by atoms with Crippen LogP contribution in [0.1, 0.15) is 36.6 Å². The van der Waals surface area contributed by atoms with Crippen LogP contribution in [0.3, 0.4) is 0 Å². The zero-order valence-electron chi connectivity index (χ0n) is 22.3. The number of hydrogen-bond donors (Lipinski definition) is 0. The molecule has 0 fully saturated rings. The van der Waals surface area contributed by atoms with Crippen LogP contribution in [0.15, 0.2) is 94.2 Å². The number of fused-ring (bicyclic) bond motifs is 1. The number of carbonyl (C=O) groups excluding carboxylic acids is 1. The van der Waals surface area contributed by atoms with Gasteiger partial charge in [0.15, 0.2) is 4.80 Å². The Labute approximate surface area is 238 Å². The molecule has 10 heteroatoms. The second-order valence-electron chi connectivity index (χ2n) is 8.88. The predicted molar refractivity (Wildman–Crippen MR) is 152 cm³/mol. The van der Waals surface area contributed by atoms with E-state index in [0.717, 1.165) is 0 Å². The van der Waals surface area contributed by atoms with Crippen LogP contribution in [-0.4, -0.2) is 30.4 Å². The van der Waals surface area contributed by atoms with Crippen molar-refractivity contribution in [1.82, 2.24) is 4.57 Å². The molecular weight excluding hydrogens is 550 g/mol. The average molecular weight is 577 g/mol. The molecule has 1 aliphatic heterocycles. The van der Waals surface area contributed by atoms with Gasteiger partial charge in [-0.2, -0.15) is 8.78 Å². The lowest BCUT2D eigenvalue weighted by molar-refractivity contribution is -0.138. The average Bonchev–Trinajstić information content (AvgIpc) is 3.28. The fourth-order valence-electron chi connectivity index (χ4n) is 4.57. The van der Waals surface area contributed by atoms with E-state index in [-0.39, 0.29) is 23.5 Å². The Kier molecular flexibility index (Phi) is 8.39. The van der Waals surface area contributed by atoms with Gasteiger partial charge in [-0.05, 0) is 55.3 Å². The van der Waals surface area contributed by atoms with Gasteiger partial charge in [0.1, 0.15) is 11.5 Å². The number of alkyl halides is 2. The van der Waals surface area contributed by atoms with Gasteiger partial charge in [-0.15, -0.1) is 0 Å². The summed E-state index contributed by atoms with van der Waals surface area (Å²) in [6.07, 6.45) is 1.65. The Bertz CT molecular complexity index is 1750. The van der Waals surface area contributed by atoms with Crippen LogP contribution in [0.25, 0.3) is 11.8 Å². The maximum Gasteiger partial charge on any atom is 0.387 e. The molecule has 0 bridgehead atoms. The molecule has 1 aliphatic rings. The third-order valence-electron chi connectivity index (χ3n) is 6.28. The minimum absolute atomic E-state index is 0.0145. The van der Waals surface area contributed by atoms with Crippen LogP contribution in [0.4, 0.5) is 8.78 Å². The summed E-state index contributed by atoms with van der Waals surface area (Å²) in [6.45, 7) is 1.32. The third kappa shape index (κ3) is 5.97. The summed E-state index contributed by atoms with van der Waals surface area (Å²) >= 11 is 1.17. The molecule has 5 rings (SSSR count). The first-order valence-electron chi connectivity index (χ1n) is 13.0. The molecule has 0 saturated carbocycles. The summed E-state index contributed by atoms with van der Waals surface area (Å²) in [7, 11) is 0. The number of ether oxygens (including phenoxy) is 3. The summed E-state index contributed by atoms with van der Waals surface area (Å²) in [5.74, 6) is 0.103. The number of benzene rings is 3. The maximum atomic E-state index is 13.9. The number of hydrogen-bond acceptors (Lipinski definition) is 7. The van der Waals surface area contributed by atoms with E-state index in [4.69, 9.17) is 14.5 Å². The van der Waals surface area contributed by atoms with E-state index < -0.39 is 18.6 Å². The highest BCUT2D eigenvalue weighted by molar-refractivity contribution is 7.07. The fraction of sp³-hybridized carbons (Fsp3) is 0.194. The summed E-state index contributed by atoms with van der Waals surface area (Å²) in [5.41, 5.74) is 2.32. The molecule has 7 nitrogen and oxygen atoms in total. The van der Waals surface area contributed by atoms with E-state index in [1.54, 1.807) is 37.3 Å². The van der Waals surface area contributed by atoms with Crippen LogP contribution >= 0.6 is 11.3 Å². The molecule has 1 atom stereocenters. The van der Waals surface area contributed by atoms with Crippen LogP contribution in [0.2, 0.25) is 0 Å². The lowest BCUT2D eigenvalue weighted by Crippen LogP contribution is -2.40. The Morgan fingerprint density at radius 1 is 0.976 bits per heavy atom. The van der Waals surface area contributed by atoms with Crippen molar-refractivity contribution < 1.29 is 27.8 Å². The van der Waals surface area contributed by atoms with Crippen molar-refractivity contribution in [3.05, 3.63) is 121 Å². The molecule has 0 radical (unpaired) electrons. The first-order chi connectivity index (χ1) is 19.9. The van der Waals surface area contributed by atoms with Gasteiger partial charge < -0.3 is 14.2 Å². The van der Waals surface area contributed by atoms with Gasteiger partial charge in [-0.3, -0.25) is 9.36 Å². The fourth-order valence-corrected chi connectivity index (χ4v) is 5.57. The molecule has 0 N–H and O–H groups in total. The zero-order valence-corrected chi connectivity index (χ0v) is 23.1. The number of aromatic nitrogens is 1. The van der Waals surface area contributed by atoms with Crippen molar-refractivity contribution >= 4 is 29.1 Å². The molecule has 210 valence electrons. The third-order valence-corrected chi connectivity index (χ3v) is 7.27. The normalized spacial score (nSPS) is 15.0. The number of esters is 1. The van der Waals surface area contributed by atoms with Crippen molar-refractivity contribution in [2.75, 3.05) is 13.2 Å². The highest BCUT2D eigenvalue weighted by Gasteiger charge is 2.35. The predicted octanol–water partition coefficient (Wildman–Crippen LogP) is 4.94. The Morgan fingerprint density at radius 3 is 2.29 bits per heavy atom. The lowest BCUT2D eigenvalue weighted by Gasteiger charge is -2.26. The van der Waals surface area contributed by atoms with Gasteiger partial charge >= 0.3 is 12.6 Å². The minimum Gasteiger partial charge on any atom is -0.494 e. The largest absolute Gasteiger partial charge is 0.494 e. The maximum absolute atomic E-state index is 13.9. The van der Waals surface area contributed by atoms with Crippen LogP contribution in [0.5, 0.6) is 11.5 Å². The van der Waals surface area contributed by atoms with Crippen LogP contribution < -0.4 is 24.4 Å². The number of thiazole rings is 1. The van der Waals surface area contributed by atoms with Crippen molar-refractivity contribution in [1.29, 1.82) is 0 Å². The topological polar surface area (TPSA) is 79.1 Å². The van der Waals surface area contributed by atoms with Gasteiger partial charge in [-0.25, -0.2) is 9.79 Å². The molecule has 4 aromatic rings. The lowest BCUT2D eigenvalue weighted by atomic mass is 9.93. The van der Waals surface area contributed by atoms with Gasteiger partial charge in [0, 0.05) is 5.56 Å². The second kappa shape index (κ2) is 12.3. The molecule has 2 heterocycles. The van der Waals surface area contributed by atoms with Crippen LogP contribution in [-0.2, 0) is 9.53 Å². The van der Waals surface area contributed by atoms with E-state index in [2.05, 4.69) is 4.74 Å². The molecule has 0 aliphatic carbocycles. The Morgan fingerprint density at radius 2 is 1.66 bits per heavy atom. The SMILES string of the molecule is CCOC(=O)C1=C(c2ccccc2)N=c2s/c(=C\c3ccc(OC(F)F)cc3)c(=O)n2[C@@H]1c1ccc(OCC)cc1. The van der Waals surface area contributed by atoms with E-state index in [9.17, 15) is 18.4 Å². The van der Waals surface area contributed by atoms with E-state index in [1.165, 1.54) is 28.0 Å². The van der Waals surface area contributed by atoms with Crippen molar-refractivity contribution in [3.63, 3.8) is 0 Å². The van der Waals surface area contributed by atoms with Crippen molar-refractivity contribution in [2.45, 2.75) is 26.5 Å². The molecule has 0 unspecified atom stereocenters. The smallest absolute Gasteiger partial charge is 0.387 e. The van der Waals surface area contributed by atoms with Crippen molar-refractivity contribution in [3.8, 4) is 11.5 Å². The Balaban J connectivity index is 1.72. The summed E-state index contributed by atoms with van der Waals surface area (Å²) in [6, 6.07) is 21.7. The molecule has 3 aromatic carbocycles. The quantitative estimate of drug-likeness (QED) is 0.264. The summed E-state index contributed by atoms with van der Waals surface area (Å²) < 4.78 is 42.5. The number of halogens is 2. The highest BCUT2D eigenvalue weighted by atomic mass is 32.1. The van der Waals surface area contributed by atoms with Gasteiger partial charge in [-0.1, -0.05) is 65.9 Å². The van der Waals surface area contributed by atoms with E-state index in [0.29, 0.717) is 44.1 Å². The van der Waals surface area contributed by atoms with E-state index in [1.807, 2.05) is 49.4 Å².